The smallest absolute Gasteiger partial charge is 0.126 e. The predicted molar refractivity (Wildman–Crippen MR) is 57.1 cm³/mol. The van der Waals surface area contributed by atoms with Gasteiger partial charge in [0.05, 0.1) is 0 Å². The molecule has 0 aromatic heterocycles. The van der Waals surface area contributed by atoms with Crippen LogP contribution < -0.4 is 0 Å². The van der Waals surface area contributed by atoms with Gasteiger partial charge in [-0.3, -0.25) is 0 Å². The van der Waals surface area contributed by atoms with Gasteiger partial charge in [0, 0.05) is 32.2 Å². The van der Waals surface area contributed by atoms with Gasteiger partial charge in [-0.2, -0.15) is 0 Å². The summed E-state index contributed by atoms with van der Waals surface area (Å²) in [7, 11) is 0. The molecule has 1 aliphatic heterocycles. The quantitative estimate of drug-likeness (QED) is 0.807. The zero-order valence-electron chi connectivity index (χ0n) is 8.69. The van der Waals surface area contributed by atoms with Crippen LogP contribution in [0.5, 0.6) is 0 Å². The number of likely N-dealkylation sites (tertiary alicyclic amines) is 1. The summed E-state index contributed by atoms with van der Waals surface area (Å²) in [5, 5.41) is 8.85. The Labute approximate surface area is 89.3 Å². The molecule has 1 fully saturated rings. The van der Waals surface area contributed by atoms with E-state index in [4.69, 9.17) is 5.11 Å². The van der Waals surface area contributed by atoms with E-state index in [1.807, 2.05) is 12.1 Å². The van der Waals surface area contributed by atoms with Crippen molar-refractivity contribution in [3.8, 4) is 0 Å². The van der Waals surface area contributed by atoms with Crippen LogP contribution in [0.1, 0.15) is 5.56 Å². The van der Waals surface area contributed by atoms with E-state index < -0.39 is 0 Å². The van der Waals surface area contributed by atoms with Crippen LogP contribution in [0.25, 0.3) is 0 Å². The Morgan fingerprint density at radius 2 is 2.07 bits per heavy atom. The summed E-state index contributed by atoms with van der Waals surface area (Å²) in [5.74, 6) is 0.322. The Bertz CT molecular complexity index is 323. The maximum atomic E-state index is 13.2. The number of aliphatic hydroxyl groups excluding tert-OH is 1. The fraction of sp³-hybridized carbons (Fsp3) is 0.500. The van der Waals surface area contributed by atoms with Gasteiger partial charge in [-0.1, -0.05) is 18.2 Å². The van der Waals surface area contributed by atoms with Gasteiger partial charge < -0.3 is 10.0 Å². The lowest BCUT2D eigenvalue weighted by molar-refractivity contribution is 0.0549. The molecule has 1 saturated heterocycles. The first-order valence-electron chi connectivity index (χ1n) is 5.36. The molecule has 0 unspecified atom stereocenters. The van der Waals surface area contributed by atoms with Crippen LogP contribution in [0.3, 0.4) is 0 Å². The molecule has 15 heavy (non-hydrogen) atoms. The van der Waals surface area contributed by atoms with Crippen LogP contribution in [0, 0.1) is 11.7 Å². The third kappa shape index (κ3) is 2.55. The van der Waals surface area contributed by atoms with Crippen molar-refractivity contribution in [2.24, 2.45) is 5.92 Å². The van der Waals surface area contributed by atoms with Crippen molar-refractivity contribution >= 4 is 0 Å². The predicted octanol–water partition coefficient (Wildman–Crippen LogP) is 1.29. The number of hydrogen-bond acceptors (Lipinski definition) is 2. The highest BCUT2D eigenvalue weighted by molar-refractivity contribution is 5.17. The number of halogens is 1. The average Bonchev–Trinajstić information content (AvgIpc) is 2.18. The lowest BCUT2D eigenvalue weighted by Crippen LogP contribution is -2.48. The van der Waals surface area contributed by atoms with Crippen molar-refractivity contribution in [2.45, 2.75) is 6.42 Å². The van der Waals surface area contributed by atoms with Gasteiger partial charge in [0.2, 0.25) is 0 Å². The van der Waals surface area contributed by atoms with E-state index in [0.29, 0.717) is 5.92 Å². The van der Waals surface area contributed by atoms with Gasteiger partial charge in [-0.15, -0.1) is 0 Å². The van der Waals surface area contributed by atoms with Gasteiger partial charge in [0.1, 0.15) is 5.82 Å². The largest absolute Gasteiger partial charge is 0.396 e. The maximum Gasteiger partial charge on any atom is 0.126 e. The molecule has 1 aliphatic rings. The first-order chi connectivity index (χ1) is 7.29. The van der Waals surface area contributed by atoms with Gasteiger partial charge >= 0.3 is 0 Å². The standard InChI is InChI=1S/C12H16FNO/c13-12-4-2-1-3-11(12)5-6-14-7-10(8-14)9-15/h1-4,10,15H,5-9H2. The molecule has 1 aromatic carbocycles. The zero-order valence-corrected chi connectivity index (χ0v) is 8.69. The Hall–Kier alpha value is -0.930. The summed E-state index contributed by atoms with van der Waals surface area (Å²) in [5.41, 5.74) is 0.782. The van der Waals surface area contributed by atoms with Crippen molar-refractivity contribution in [1.29, 1.82) is 0 Å². The molecular weight excluding hydrogens is 193 g/mol. The molecule has 1 heterocycles. The average molecular weight is 209 g/mol. The highest BCUT2D eigenvalue weighted by atomic mass is 19.1. The second-order valence-corrected chi connectivity index (χ2v) is 4.15. The minimum absolute atomic E-state index is 0.114. The van der Waals surface area contributed by atoms with Gasteiger partial charge in [-0.05, 0) is 18.1 Å². The SMILES string of the molecule is OCC1CN(CCc2ccccc2F)C1. The molecule has 0 radical (unpaired) electrons. The molecule has 0 spiro atoms. The summed E-state index contributed by atoms with van der Waals surface area (Å²) < 4.78 is 13.2. The van der Waals surface area contributed by atoms with Crippen LogP contribution >= 0.6 is 0 Å². The van der Waals surface area contributed by atoms with E-state index in [0.717, 1.165) is 31.6 Å². The maximum absolute atomic E-state index is 13.2. The fourth-order valence-corrected chi connectivity index (χ4v) is 1.95. The van der Waals surface area contributed by atoms with Crippen LogP contribution in [-0.2, 0) is 6.42 Å². The monoisotopic (exact) mass is 209 g/mol. The van der Waals surface area contributed by atoms with Crippen LogP contribution in [0.15, 0.2) is 24.3 Å². The molecule has 82 valence electrons. The third-order valence-corrected chi connectivity index (χ3v) is 2.95. The molecule has 0 amide bonds. The summed E-state index contributed by atoms with van der Waals surface area (Å²) in [6, 6.07) is 6.91. The topological polar surface area (TPSA) is 23.5 Å². The van der Waals surface area contributed by atoms with Crippen LogP contribution in [0.4, 0.5) is 4.39 Å². The summed E-state index contributed by atoms with van der Waals surface area (Å²) >= 11 is 0. The van der Waals surface area contributed by atoms with Crippen molar-refractivity contribution in [2.75, 3.05) is 26.2 Å². The normalized spacial score (nSPS) is 17.7. The first-order valence-corrected chi connectivity index (χ1v) is 5.36. The molecule has 2 rings (SSSR count). The zero-order chi connectivity index (χ0) is 10.7. The molecule has 3 heteroatoms. The number of benzene rings is 1. The lowest BCUT2D eigenvalue weighted by Gasteiger charge is -2.38. The summed E-state index contributed by atoms with van der Waals surface area (Å²) in [4.78, 5) is 2.24. The summed E-state index contributed by atoms with van der Waals surface area (Å²) in [6.07, 6.45) is 0.755. The van der Waals surface area contributed by atoms with Gasteiger partial charge in [0.25, 0.3) is 0 Å². The van der Waals surface area contributed by atoms with Crippen LogP contribution in [-0.4, -0.2) is 36.2 Å². The molecule has 0 saturated carbocycles. The van der Waals surface area contributed by atoms with E-state index >= 15 is 0 Å². The fourth-order valence-electron chi connectivity index (χ4n) is 1.95. The van der Waals surface area contributed by atoms with Crippen LogP contribution in [0.2, 0.25) is 0 Å². The van der Waals surface area contributed by atoms with Gasteiger partial charge in [0.15, 0.2) is 0 Å². The minimum atomic E-state index is -0.114. The van der Waals surface area contributed by atoms with Crippen molar-refractivity contribution < 1.29 is 9.50 Å². The molecule has 1 aromatic rings. The van der Waals surface area contributed by atoms with E-state index in [2.05, 4.69) is 4.90 Å². The Kier molecular flexibility index (Phi) is 3.34. The Morgan fingerprint density at radius 3 is 2.73 bits per heavy atom. The molecular formula is C12H16FNO. The summed E-state index contributed by atoms with van der Waals surface area (Å²) in [6.45, 7) is 3.06. The molecule has 0 bridgehead atoms. The van der Waals surface area contributed by atoms with Crippen molar-refractivity contribution in [3.63, 3.8) is 0 Å². The Morgan fingerprint density at radius 1 is 1.33 bits per heavy atom. The molecule has 1 N–H and O–H groups in total. The lowest BCUT2D eigenvalue weighted by atomic mass is 10.0. The number of nitrogens with zero attached hydrogens (tertiary/aromatic N) is 1. The number of aliphatic hydroxyl groups is 1. The van der Waals surface area contributed by atoms with E-state index in [9.17, 15) is 4.39 Å². The van der Waals surface area contributed by atoms with E-state index in [1.54, 1.807) is 6.07 Å². The molecule has 2 nitrogen and oxygen atoms in total. The highest BCUT2D eigenvalue weighted by Crippen LogP contribution is 2.15. The molecule has 0 atom stereocenters. The third-order valence-electron chi connectivity index (χ3n) is 2.95. The number of rotatable bonds is 4. The molecule has 0 aliphatic carbocycles. The Balaban J connectivity index is 1.77. The first kappa shape index (κ1) is 10.6. The second-order valence-electron chi connectivity index (χ2n) is 4.15. The second kappa shape index (κ2) is 4.73. The highest BCUT2D eigenvalue weighted by Gasteiger charge is 2.25. The van der Waals surface area contributed by atoms with E-state index in [-0.39, 0.29) is 12.4 Å². The van der Waals surface area contributed by atoms with Gasteiger partial charge in [-0.25, -0.2) is 4.39 Å². The minimum Gasteiger partial charge on any atom is -0.396 e. The number of hydrogen-bond donors (Lipinski definition) is 1. The van der Waals surface area contributed by atoms with Crippen molar-refractivity contribution in [1.82, 2.24) is 4.90 Å². The van der Waals surface area contributed by atoms with E-state index in [1.165, 1.54) is 6.07 Å². The van der Waals surface area contributed by atoms with Crippen molar-refractivity contribution in [3.05, 3.63) is 35.6 Å².